The van der Waals surface area contributed by atoms with Crippen LogP contribution in [-0.4, -0.2) is 18.8 Å². The monoisotopic (exact) mass is 200 g/mol. The first-order valence-electron chi connectivity index (χ1n) is 4.13. The Labute approximate surface area is 83.1 Å². The van der Waals surface area contributed by atoms with Crippen LogP contribution in [0.3, 0.4) is 0 Å². The summed E-state index contributed by atoms with van der Waals surface area (Å²) in [6.07, 6.45) is 0. The van der Waals surface area contributed by atoms with Crippen molar-refractivity contribution in [3.05, 3.63) is 28.8 Å². The largest absolute Gasteiger partial charge is 0.497 e. The van der Waals surface area contributed by atoms with Gasteiger partial charge in [0.1, 0.15) is 5.75 Å². The highest BCUT2D eigenvalue weighted by molar-refractivity contribution is 6.31. The molecule has 0 aromatic heterocycles. The second kappa shape index (κ2) is 4.49. The predicted molar refractivity (Wildman–Crippen MR) is 53.5 cm³/mol. The molecule has 72 valence electrons. The van der Waals surface area contributed by atoms with Crippen molar-refractivity contribution in [2.75, 3.05) is 13.7 Å². The summed E-state index contributed by atoms with van der Waals surface area (Å²) in [5.74, 6) is 0.803. The van der Waals surface area contributed by atoms with Crippen LogP contribution in [0.4, 0.5) is 0 Å². The van der Waals surface area contributed by atoms with Gasteiger partial charge in [-0.25, -0.2) is 0 Å². The number of hydrogen-bond acceptors (Lipinski definition) is 2. The van der Waals surface area contributed by atoms with E-state index < -0.39 is 0 Å². The van der Waals surface area contributed by atoms with Gasteiger partial charge in [-0.1, -0.05) is 24.6 Å². The first kappa shape index (κ1) is 10.4. The van der Waals surface area contributed by atoms with Gasteiger partial charge in [0, 0.05) is 17.5 Å². The zero-order valence-electron chi connectivity index (χ0n) is 7.75. The Morgan fingerprint density at radius 2 is 2.23 bits per heavy atom. The number of hydrogen-bond donors (Lipinski definition) is 1. The highest BCUT2D eigenvalue weighted by Gasteiger charge is 2.08. The predicted octanol–water partition coefficient (Wildman–Crippen LogP) is 2.44. The minimum Gasteiger partial charge on any atom is -0.497 e. The second-order valence-electron chi connectivity index (χ2n) is 2.97. The number of ether oxygens (including phenoxy) is 1. The summed E-state index contributed by atoms with van der Waals surface area (Å²) in [6, 6.07) is 5.47. The maximum absolute atomic E-state index is 8.95. The molecule has 2 nitrogen and oxygen atoms in total. The number of rotatable bonds is 3. The molecule has 0 bridgehead atoms. The molecule has 1 aromatic rings. The Morgan fingerprint density at radius 3 is 2.69 bits per heavy atom. The van der Waals surface area contributed by atoms with Crippen LogP contribution in [-0.2, 0) is 0 Å². The van der Waals surface area contributed by atoms with Crippen molar-refractivity contribution in [3.8, 4) is 5.75 Å². The SMILES string of the molecule is COc1ccc(C(C)CO)c(Cl)c1. The third-order valence-corrected chi connectivity index (χ3v) is 2.34. The molecule has 0 aliphatic rings. The third-order valence-electron chi connectivity index (χ3n) is 2.01. The number of aliphatic hydroxyl groups excluding tert-OH is 1. The molecule has 0 saturated heterocycles. The molecule has 0 saturated carbocycles. The summed E-state index contributed by atoms with van der Waals surface area (Å²) in [5, 5.41) is 9.59. The van der Waals surface area contributed by atoms with E-state index >= 15 is 0 Å². The molecule has 1 aromatic carbocycles. The molecular weight excluding hydrogens is 188 g/mol. The van der Waals surface area contributed by atoms with Gasteiger partial charge in [-0.3, -0.25) is 0 Å². The lowest BCUT2D eigenvalue weighted by Crippen LogP contribution is -1.99. The van der Waals surface area contributed by atoms with Crippen LogP contribution in [0.15, 0.2) is 18.2 Å². The van der Waals surface area contributed by atoms with Crippen LogP contribution in [0, 0.1) is 0 Å². The van der Waals surface area contributed by atoms with Crippen LogP contribution >= 0.6 is 11.6 Å². The first-order valence-corrected chi connectivity index (χ1v) is 4.51. The molecule has 0 spiro atoms. The Balaban J connectivity index is 2.98. The zero-order valence-corrected chi connectivity index (χ0v) is 8.51. The maximum atomic E-state index is 8.95. The fourth-order valence-corrected chi connectivity index (χ4v) is 1.49. The van der Waals surface area contributed by atoms with Crippen LogP contribution < -0.4 is 4.74 Å². The minimum absolute atomic E-state index is 0.0680. The molecule has 0 aliphatic heterocycles. The lowest BCUT2D eigenvalue weighted by molar-refractivity contribution is 0.273. The fraction of sp³-hybridized carbons (Fsp3) is 0.400. The van der Waals surface area contributed by atoms with Crippen molar-refractivity contribution >= 4 is 11.6 Å². The molecule has 1 unspecified atom stereocenters. The molecule has 1 atom stereocenters. The molecular formula is C10H13ClO2. The summed E-state index contributed by atoms with van der Waals surface area (Å²) in [7, 11) is 1.60. The average molecular weight is 201 g/mol. The summed E-state index contributed by atoms with van der Waals surface area (Å²) in [6.45, 7) is 2.03. The van der Waals surface area contributed by atoms with E-state index in [2.05, 4.69) is 0 Å². The van der Waals surface area contributed by atoms with E-state index in [1.54, 1.807) is 13.2 Å². The number of benzene rings is 1. The minimum atomic E-state index is 0.0680. The summed E-state index contributed by atoms with van der Waals surface area (Å²) in [4.78, 5) is 0. The fourth-order valence-electron chi connectivity index (χ4n) is 1.13. The van der Waals surface area contributed by atoms with E-state index in [1.165, 1.54) is 0 Å². The van der Waals surface area contributed by atoms with Crippen LogP contribution in [0.2, 0.25) is 5.02 Å². The van der Waals surface area contributed by atoms with E-state index in [4.69, 9.17) is 21.4 Å². The Hall–Kier alpha value is -0.730. The van der Waals surface area contributed by atoms with Crippen LogP contribution in [0.1, 0.15) is 18.4 Å². The van der Waals surface area contributed by atoms with Crippen molar-refractivity contribution in [1.82, 2.24) is 0 Å². The molecule has 0 aliphatic carbocycles. The zero-order chi connectivity index (χ0) is 9.84. The van der Waals surface area contributed by atoms with Gasteiger partial charge in [0.25, 0.3) is 0 Å². The first-order chi connectivity index (χ1) is 6.19. The van der Waals surface area contributed by atoms with E-state index in [9.17, 15) is 0 Å². The van der Waals surface area contributed by atoms with E-state index in [0.717, 1.165) is 11.3 Å². The van der Waals surface area contributed by atoms with E-state index in [-0.39, 0.29) is 12.5 Å². The topological polar surface area (TPSA) is 29.5 Å². The molecule has 3 heteroatoms. The van der Waals surface area contributed by atoms with Crippen molar-refractivity contribution < 1.29 is 9.84 Å². The molecule has 0 fully saturated rings. The van der Waals surface area contributed by atoms with Gasteiger partial charge in [0.15, 0.2) is 0 Å². The smallest absolute Gasteiger partial charge is 0.120 e. The Bertz CT molecular complexity index is 286. The molecule has 0 amide bonds. The Morgan fingerprint density at radius 1 is 1.54 bits per heavy atom. The standard InChI is InChI=1S/C10H13ClO2/c1-7(6-12)9-4-3-8(13-2)5-10(9)11/h3-5,7,12H,6H2,1-2H3. The third kappa shape index (κ3) is 2.36. The molecule has 0 heterocycles. The van der Waals surface area contributed by atoms with Gasteiger partial charge in [-0.05, 0) is 17.7 Å². The number of methoxy groups -OCH3 is 1. The van der Waals surface area contributed by atoms with Gasteiger partial charge in [0.2, 0.25) is 0 Å². The maximum Gasteiger partial charge on any atom is 0.120 e. The van der Waals surface area contributed by atoms with Gasteiger partial charge < -0.3 is 9.84 Å². The van der Waals surface area contributed by atoms with E-state index in [0.29, 0.717) is 5.02 Å². The summed E-state index contributed by atoms with van der Waals surface area (Å²) >= 11 is 5.99. The van der Waals surface area contributed by atoms with Crippen molar-refractivity contribution in [3.63, 3.8) is 0 Å². The van der Waals surface area contributed by atoms with Gasteiger partial charge in [-0.15, -0.1) is 0 Å². The number of halogens is 1. The molecule has 13 heavy (non-hydrogen) atoms. The van der Waals surface area contributed by atoms with Gasteiger partial charge in [-0.2, -0.15) is 0 Å². The van der Waals surface area contributed by atoms with Gasteiger partial charge >= 0.3 is 0 Å². The van der Waals surface area contributed by atoms with Crippen molar-refractivity contribution in [2.45, 2.75) is 12.8 Å². The van der Waals surface area contributed by atoms with Crippen LogP contribution in [0.25, 0.3) is 0 Å². The lowest BCUT2D eigenvalue weighted by Gasteiger charge is -2.11. The summed E-state index contributed by atoms with van der Waals surface area (Å²) < 4.78 is 5.02. The second-order valence-corrected chi connectivity index (χ2v) is 3.38. The highest BCUT2D eigenvalue weighted by Crippen LogP contribution is 2.27. The normalized spacial score (nSPS) is 12.6. The molecule has 0 radical (unpaired) electrons. The average Bonchev–Trinajstić information content (AvgIpc) is 2.16. The Kier molecular flexibility index (Phi) is 3.58. The highest BCUT2D eigenvalue weighted by atomic mass is 35.5. The van der Waals surface area contributed by atoms with E-state index in [1.807, 2.05) is 19.1 Å². The lowest BCUT2D eigenvalue weighted by atomic mass is 10.0. The summed E-state index contributed by atoms with van der Waals surface area (Å²) in [5.41, 5.74) is 0.949. The van der Waals surface area contributed by atoms with Crippen LogP contribution in [0.5, 0.6) is 5.75 Å². The molecule has 1 rings (SSSR count). The number of aliphatic hydroxyl groups is 1. The molecule has 1 N–H and O–H groups in total. The van der Waals surface area contributed by atoms with Gasteiger partial charge in [0.05, 0.1) is 7.11 Å². The van der Waals surface area contributed by atoms with Crippen molar-refractivity contribution in [1.29, 1.82) is 0 Å². The van der Waals surface area contributed by atoms with Crippen molar-refractivity contribution in [2.24, 2.45) is 0 Å². The quantitative estimate of drug-likeness (QED) is 0.812.